The van der Waals surface area contributed by atoms with Crippen LogP contribution < -0.4 is 5.32 Å². The van der Waals surface area contributed by atoms with Crippen LogP contribution in [0.15, 0.2) is 71.6 Å². The van der Waals surface area contributed by atoms with Gasteiger partial charge in [0.15, 0.2) is 9.84 Å². The zero-order chi connectivity index (χ0) is 25.4. The van der Waals surface area contributed by atoms with E-state index in [-0.39, 0.29) is 28.4 Å². The summed E-state index contributed by atoms with van der Waals surface area (Å²) in [6, 6.07) is 19.7. The molecule has 2 atom stereocenters. The van der Waals surface area contributed by atoms with Crippen LogP contribution in [0.1, 0.15) is 34.6 Å². The summed E-state index contributed by atoms with van der Waals surface area (Å²) >= 11 is 7.15. The largest absolute Gasteiger partial charge is 0.300 e. The molecule has 3 aromatic carbocycles. The molecule has 0 spiro atoms. The Balaban J connectivity index is 1.21. The highest BCUT2D eigenvalue weighted by Crippen LogP contribution is 2.48. The molecule has 1 aliphatic rings. The third kappa shape index (κ3) is 5.51. The van der Waals surface area contributed by atoms with Crippen molar-refractivity contribution in [2.75, 3.05) is 5.32 Å². The summed E-state index contributed by atoms with van der Waals surface area (Å²) < 4.78 is 25.4. The number of aryl methyl sites for hydroxylation is 2. The number of sulfone groups is 1. The number of aromatic nitrogens is 2. The van der Waals surface area contributed by atoms with Gasteiger partial charge in [-0.25, -0.2) is 8.42 Å². The van der Waals surface area contributed by atoms with Gasteiger partial charge >= 0.3 is 0 Å². The van der Waals surface area contributed by atoms with Crippen molar-refractivity contribution in [3.05, 3.63) is 94.0 Å². The van der Waals surface area contributed by atoms with Crippen molar-refractivity contribution in [3.63, 3.8) is 0 Å². The quantitative estimate of drug-likeness (QED) is 0.303. The Morgan fingerprint density at radius 3 is 2.33 bits per heavy atom. The van der Waals surface area contributed by atoms with E-state index in [1.807, 2.05) is 12.1 Å². The maximum atomic E-state index is 12.8. The smallest absolute Gasteiger partial charge is 0.229 e. The summed E-state index contributed by atoms with van der Waals surface area (Å²) in [5, 5.41) is 12.8. The molecular formula is C27H24ClN3O3S2. The first-order chi connectivity index (χ1) is 17.2. The molecule has 0 radical (unpaired) electrons. The van der Waals surface area contributed by atoms with Gasteiger partial charge in [0.25, 0.3) is 0 Å². The van der Waals surface area contributed by atoms with Gasteiger partial charge in [-0.2, -0.15) is 0 Å². The van der Waals surface area contributed by atoms with E-state index in [9.17, 15) is 13.2 Å². The minimum Gasteiger partial charge on any atom is -0.300 e. The molecule has 1 fully saturated rings. The predicted molar refractivity (Wildman–Crippen MR) is 143 cm³/mol. The van der Waals surface area contributed by atoms with E-state index in [0.717, 1.165) is 12.0 Å². The Labute approximate surface area is 219 Å². The maximum Gasteiger partial charge on any atom is 0.229 e. The van der Waals surface area contributed by atoms with E-state index in [1.54, 1.807) is 24.3 Å². The lowest BCUT2D eigenvalue weighted by atomic mass is 10.0. The fourth-order valence-electron chi connectivity index (χ4n) is 4.35. The van der Waals surface area contributed by atoms with Gasteiger partial charge in [-0.05, 0) is 61.6 Å². The number of hydrogen-bond donors (Lipinski definition) is 1. The number of halogens is 1. The monoisotopic (exact) mass is 537 g/mol. The van der Waals surface area contributed by atoms with Crippen LogP contribution in [0.2, 0.25) is 5.02 Å². The standard InChI is InChI=1S/C27H24ClN3O3S2/c1-16-11-17(2)13-20(12-16)23-14-24(23)25(32)29-27-31-30-26(35-27)19-5-3-18(4-6-19)15-36(33,34)22-9-7-21(28)8-10-22/h3-13,23-24H,14-15H2,1-2H3,(H,29,31,32). The minimum absolute atomic E-state index is 0.0374. The van der Waals surface area contributed by atoms with Crippen LogP contribution in [0.5, 0.6) is 0 Å². The van der Waals surface area contributed by atoms with Gasteiger partial charge in [0.05, 0.1) is 10.6 Å². The number of nitrogens with one attached hydrogen (secondary N) is 1. The molecule has 5 rings (SSSR count). The molecule has 0 saturated heterocycles. The Bertz CT molecular complexity index is 1510. The van der Waals surface area contributed by atoms with E-state index in [1.165, 1.54) is 40.2 Å². The lowest BCUT2D eigenvalue weighted by Crippen LogP contribution is -2.14. The van der Waals surface area contributed by atoms with Gasteiger partial charge in [0, 0.05) is 16.5 Å². The molecule has 1 saturated carbocycles. The SMILES string of the molecule is Cc1cc(C)cc(C2CC2C(=O)Nc2nnc(-c3ccc(CS(=O)(=O)c4ccc(Cl)cc4)cc3)s2)c1. The molecule has 0 aliphatic heterocycles. The Morgan fingerprint density at radius 1 is 1.00 bits per heavy atom. The summed E-state index contributed by atoms with van der Waals surface area (Å²) in [5.74, 6) is 0.0350. The zero-order valence-corrected chi connectivity index (χ0v) is 22.1. The van der Waals surface area contributed by atoms with Crippen LogP contribution in [0, 0.1) is 19.8 Å². The molecule has 1 aromatic heterocycles. The molecule has 36 heavy (non-hydrogen) atoms. The number of hydrogen-bond acceptors (Lipinski definition) is 6. The van der Waals surface area contributed by atoms with Crippen molar-refractivity contribution in [2.45, 2.75) is 36.8 Å². The van der Waals surface area contributed by atoms with Crippen LogP contribution in [0.3, 0.4) is 0 Å². The maximum absolute atomic E-state index is 12.8. The topological polar surface area (TPSA) is 89.0 Å². The first-order valence-electron chi connectivity index (χ1n) is 11.5. The van der Waals surface area contributed by atoms with E-state index < -0.39 is 9.84 Å². The van der Waals surface area contributed by atoms with E-state index >= 15 is 0 Å². The van der Waals surface area contributed by atoms with E-state index in [4.69, 9.17) is 11.6 Å². The molecule has 1 amide bonds. The summed E-state index contributed by atoms with van der Waals surface area (Å²) in [6.07, 6.45) is 0.834. The fourth-order valence-corrected chi connectivity index (χ4v) is 6.58. The first-order valence-corrected chi connectivity index (χ1v) is 14.3. The number of rotatable bonds is 7. The third-order valence-corrected chi connectivity index (χ3v) is 9.03. The van der Waals surface area contributed by atoms with Gasteiger partial charge in [-0.3, -0.25) is 4.79 Å². The second-order valence-corrected chi connectivity index (χ2v) is 12.6. The van der Waals surface area contributed by atoms with Crippen molar-refractivity contribution in [2.24, 2.45) is 5.92 Å². The van der Waals surface area contributed by atoms with Gasteiger partial charge in [0.1, 0.15) is 5.01 Å². The number of amides is 1. The summed E-state index contributed by atoms with van der Waals surface area (Å²) in [7, 11) is -3.48. The summed E-state index contributed by atoms with van der Waals surface area (Å²) in [4.78, 5) is 13.0. The minimum atomic E-state index is -3.48. The Morgan fingerprint density at radius 2 is 1.67 bits per heavy atom. The average molecular weight is 538 g/mol. The molecule has 9 heteroatoms. The number of carbonyl (C=O) groups is 1. The molecule has 4 aromatic rings. The molecule has 6 nitrogen and oxygen atoms in total. The lowest BCUT2D eigenvalue weighted by molar-refractivity contribution is -0.117. The lowest BCUT2D eigenvalue weighted by Gasteiger charge is -2.06. The van der Waals surface area contributed by atoms with Gasteiger partial charge in [-0.15, -0.1) is 10.2 Å². The first kappa shape index (κ1) is 24.6. The molecule has 1 N–H and O–H groups in total. The molecule has 2 unspecified atom stereocenters. The zero-order valence-electron chi connectivity index (χ0n) is 19.7. The Kier molecular flexibility index (Phi) is 6.68. The van der Waals surface area contributed by atoms with Crippen LogP contribution in [0.4, 0.5) is 5.13 Å². The number of nitrogens with zero attached hydrogens (tertiary/aromatic N) is 2. The summed E-state index contributed by atoms with van der Waals surface area (Å²) in [6.45, 7) is 4.14. The fraction of sp³-hybridized carbons (Fsp3) is 0.222. The van der Waals surface area contributed by atoms with Crippen molar-refractivity contribution >= 4 is 43.8 Å². The van der Waals surface area contributed by atoms with Crippen molar-refractivity contribution in [3.8, 4) is 10.6 Å². The van der Waals surface area contributed by atoms with Crippen molar-refractivity contribution in [1.82, 2.24) is 10.2 Å². The Hall–Kier alpha value is -3.07. The van der Waals surface area contributed by atoms with Crippen LogP contribution in [-0.2, 0) is 20.4 Å². The van der Waals surface area contributed by atoms with E-state index in [2.05, 4.69) is 47.6 Å². The molecular weight excluding hydrogens is 514 g/mol. The third-order valence-electron chi connectivity index (χ3n) is 6.18. The average Bonchev–Trinajstić information content (AvgIpc) is 3.51. The van der Waals surface area contributed by atoms with E-state index in [0.29, 0.717) is 20.7 Å². The second kappa shape index (κ2) is 9.76. The van der Waals surface area contributed by atoms with Gasteiger partial charge in [-0.1, -0.05) is 76.5 Å². The highest BCUT2D eigenvalue weighted by atomic mass is 35.5. The number of benzene rings is 3. The van der Waals surface area contributed by atoms with Gasteiger partial charge in [0.2, 0.25) is 11.0 Å². The highest BCUT2D eigenvalue weighted by Gasteiger charge is 2.44. The summed E-state index contributed by atoms with van der Waals surface area (Å²) in [5.41, 5.74) is 5.10. The molecule has 1 aliphatic carbocycles. The van der Waals surface area contributed by atoms with Crippen molar-refractivity contribution in [1.29, 1.82) is 0 Å². The second-order valence-electron chi connectivity index (χ2n) is 9.18. The molecule has 184 valence electrons. The van der Waals surface area contributed by atoms with Crippen LogP contribution in [0.25, 0.3) is 10.6 Å². The predicted octanol–water partition coefficient (Wildman–Crippen LogP) is 6.19. The normalized spacial score (nSPS) is 17.1. The molecule has 1 heterocycles. The number of anilines is 1. The van der Waals surface area contributed by atoms with Gasteiger partial charge < -0.3 is 5.32 Å². The van der Waals surface area contributed by atoms with Crippen LogP contribution in [-0.4, -0.2) is 24.5 Å². The highest BCUT2D eigenvalue weighted by molar-refractivity contribution is 7.90. The van der Waals surface area contributed by atoms with Crippen LogP contribution >= 0.6 is 22.9 Å². The van der Waals surface area contributed by atoms with Crippen molar-refractivity contribution < 1.29 is 13.2 Å². The number of carbonyl (C=O) groups excluding carboxylic acids is 1. The molecule has 0 bridgehead atoms.